The van der Waals surface area contributed by atoms with E-state index in [1.54, 1.807) is 4.52 Å². The molecule has 2 rings (SSSR count). The number of hydrogen-bond acceptors (Lipinski definition) is 3. The summed E-state index contributed by atoms with van der Waals surface area (Å²) in [4.78, 5) is 4.03. The van der Waals surface area contributed by atoms with E-state index >= 15 is 0 Å². The van der Waals surface area contributed by atoms with Gasteiger partial charge in [0.15, 0.2) is 5.82 Å². The topological polar surface area (TPSA) is 56.2 Å². The highest BCUT2D eigenvalue weighted by Gasteiger charge is 2.11. The van der Waals surface area contributed by atoms with Crippen LogP contribution < -0.4 is 5.73 Å². The van der Waals surface area contributed by atoms with Crippen molar-refractivity contribution >= 4 is 27.3 Å². The highest BCUT2D eigenvalue weighted by atomic mass is 79.9. The van der Waals surface area contributed by atoms with E-state index in [-0.39, 0.29) is 0 Å². The molecule has 2 aromatic rings. The number of aromatic nitrogens is 3. The number of nitrogens with zero attached hydrogens (tertiary/aromatic N) is 3. The van der Waals surface area contributed by atoms with Crippen LogP contribution in [0.5, 0.6) is 0 Å². The zero-order valence-electron chi connectivity index (χ0n) is 9.28. The summed E-state index contributed by atoms with van der Waals surface area (Å²) in [5, 5.41) is 4.17. The van der Waals surface area contributed by atoms with Crippen LogP contribution in [0.2, 0.25) is 0 Å². The third-order valence-electron chi connectivity index (χ3n) is 2.67. The Bertz CT molecular complexity index is 492. The Kier molecular flexibility index (Phi) is 3.43. The van der Waals surface area contributed by atoms with Gasteiger partial charge in [-0.2, -0.15) is 5.10 Å². The maximum atomic E-state index is 5.88. The van der Waals surface area contributed by atoms with Crippen LogP contribution in [0.25, 0.3) is 5.52 Å². The van der Waals surface area contributed by atoms with Gasteiger partial charge in [-0.05, 0) is 40.4 Å². The molecule has 0 aliphatic rings. The standard InChI is InChI=1S/C11H15BrN4/c1-2-3-4-5-8-6-9(12)16-10(8)11(13)14-7-15-16/h6-7H,2-5H2,1H3,(H2,13,14,15). The van der Waals surface area contributed by atoms with Gasteiger partial charge in [0.25, 0.3) is 0 Å². The molecule has 0 bridgehead atoms. The van der Waals surface area contributed by atoms with E-state index in [1.807, 2.05) is 0 Å². The van der Waals surface area contributed by atoms with Crippen molar-refractivity contribution in [2.75, 3.05) is 5.73 Å². The van der Waals surface area contributed by atoms with Crippen LogP contribution in [-0.4, -0.2) is 14.6 Å². The lowest BCUT2D eigenvalue weighted by molar-refractivity contribution is 0.719. The molecule has 4 nitrogen and oxygen atoms in total. The van der Waals surface area contributed by atoms with Crippen LogP contribution in [0.4, 0.5) is 5.82 Å². The fraction of sp³-hybridized carbons (Fsp3) is 0.455. The van der Waals surface area contributed by atoms with Gasteiger partial charge in [-0.25, -0.2) is 9.50 Å². The maximum absolute atomic E-state index is 5.88. The number of anilines is 1. The molecule has 0 fully saturated rings. The summed E-state index contributed by atoms with van der Waals surface area (Å²) >= 11 is 3.48. The van der Waals surface area contributed by atoms with Gasteiger partial charge >= 0.3 is 0 Å². The summed E-state index contributed by atoms with van der Waals surface area (Å²) < 4.78 is 2.73. The van der Waals surface area contributed by atoms with Crippen molar-refractivity contribution in [3.8, 4) is 0 Å². The monoisotopic (exact) mass is 282 g/mol. The number of halogens is 1. The summed E-state index contributed by atoms with van der Waals surface area (Å²) in [5.41, 5.74) is 8.04. The van der Waals surface area contributed by atoms with Crippen molar-refractivity contribution in [1.29, 1.82) is 0 Å². The Labute approximate surface area is 103 Å². The number of fused-ring (bicyclic) bond motifs is 1. The van der Waals surface area contributed by atoms with Crippen molar-refractivity contribution in [1.82, 2.24) is 14.6 Å². The zero-order chi connectivity index (χ0) is 11.5. The van der Waals surface area contributed by atoms with Gasteiger partial charge in [0, 0.05) is 0 Å². The maximum Gasteiger partial charge on any atom is 0.151 e. The molecule has 0 spiro atoms. The molecule has 2 aromatic heterocycles. The lowest BCUT2D eigenvalue weighted by atomic mass is 10.1. The molecule has 16 heavy (non-hydrogen) atoms. The molecule has 0 aliphatic heterocycles. The first-order valence-corrected chi connectivity index (χ1v) is 6.30. The molecule has 0 saturated heterocycles. The normalized spacial score (nSPS) is 11.1. The van der Waals surface area contributed by atoms with Gasteiger partial charge < -0.3 is 5.73 Å². The Morgan fingerprint density at radius 1 is 1.44 bits per heavy atom. The van der Waals surface area contributed by atoms with Crippen molar-refractivity contribution in [2.24, 2.45) is 0 Å². The van der Waals surface area contributed by atoms with Gasteiger partial charge in [0.2, 0.25) is 0 Å². The second-order valence-electron chi connectivity index (χ2n) is 3.86. The van der Waals surface area contributed by atoms with Gasteiger partial charge in [-0.1, -0.05) is 19.8 Å². The van der Waals surface area contributed by atoms with E-state index in [0.29, 0.717) is 5.82 Å². The molecule has 2 heterocycles. The highest BCUT2D eigenvalue weighted by Crippen LogP contribution is 2.25. The van der Waals surface area contributed by atoms with E-state index in [0.717, 1.165) is 16.5 Å². The molecule has 0 aliphatic carbocycles. The van der Waals surface area contributed by atoms with Gasteiger partial charge in [0.1, 0.15) is 16.4 Å². The van der Waals surface area contributed by atoms with Crippen LogP contribution in [0.3, 0.4) is 0 Å². The largest absolute Gasteiger partial charge is 0.382 e. The predicted molar refractivity (Wildman–Crippen MR) is 68.3 cm³/mol. The molecule has 86 valence electrons. The lowest BCUT2D eigenvalue weighted by Gasteiger charge is -2.01. The van der Waals surface area contributed by atoms with Crippen molar-refractivity contribution < 1.29 is 0 Å². The molecular weight excluding hydrogens is 268 g/mol. The Hall–Kier alpha value is -1.10. The first-order chi connectivity index (χ1) is 7.74. The first-order valence-electron chi connectivity index (χ1n) is 5.50. The van der Waals surface area contributed by atoms with Crippen molar-refractivity contribution in [3.05, 3.63) is 22.6 Å². The van der Waals surface area contributed by atoms with Gasteiger partial charge in [-0.3, -0.25) is 0 Å². The molecule has 0 unspecified atom stereocenters. The minimum Gasteiger partial charge on any atom is -0.382 e. The quantitative estimate of drug-likeness (QED) is 0.878. The SMILES string of the molecule is CCCCCc1cc(Br)n2ncnc(N)c12. The Morgan fingerprint density at radius 3 is 3.00 bits per heavy atom. The number of rotatable bonds is 4. The minimum atomic E-state index is 0.548. The molecular formula is C11H15BrN4. The molecule has 0 radical (unpaired) electrons. The van der Waals surface area contributed by atoms with E-state index in [1.165, 1.54) is 31.2 Å². The molecule has 0 saturated carbocycles. The van der Waals surface area contributed by atoms with Crippen molar-refractivity contribution in [3.63, 3.8) is 0 Å². The fourth-order valence-electron chi connectivity index (χ4n) is 1.86. The fourth-order valence-corrected chi connectivity index (χ4v) is 2.40. The number of unbranched alkanes of at least 4 members (excludes halogenated alkanes) is 2. The molecule has 2 N–H and O–H groups in total. The molecule has 5 heteroatoms. The second-order valence-corrected chi connectivity index (χ2v) is 4.67. The molecule has 0 aromatic carbocycles. The van der Waals surface area contributed by atoms with Crippen LogP contribution in [0, 0.1) is 0 Å². The Morgan fingerprint density at radius 2 is 2.25 bits per heavy atom. The lowest BCUT2D eigenvalue weighted by Crippen LogP contribution is -2.00. The summed E-state index contributed by atoms with van der Waals surface area (Å²) in [7, 11) is 0. The minimum absolute atomic E-state index is 0.548. The Balaban J connectivity index is 2.37. The smallest absolute Gasteiger partial charge is 0.151 e. The third-order valence-corrected chi connectivity index (χ3v) is 3.23. The number of hydrogen-bond donors (Lipinski definition) is 1. The average Bonchev–Trinajstić information content (AvgIpc) is 2.58. The summed E-state index contributed by atoms with van der Waals surface area (Å²) in [6.07, 6.45) is 6.14. The van der Waals surface area contributed by atoms with Crippen LogP contribution in [0.15, 0.2) is 17.0 Å². The highest BCUT2D eigenvalue weighted by molar-refractivity contribution is 9.10. The van der Waals surface area contributed by atoms with Gasteiger partial charge in [0.05, 0.1) is 0 Å². The summed E-state index contributed by atoms with van der Waals surface area (Å²) in [6.45, 7) is 2.20. The summed E-state index contributed by atoms with van der Waals surface area (Å²) in [6, 6.07) is 2.08. The van der Waals surface area contributed by atoms with Crippen LogP contribution in [-0.2, 0) is 6.42 Å². The van der Waals surface area contributed by atoms with E-state index in [2.05, 4.69) is 39.0 Å². The molecule has 0 atom stereocenters. The van der Waals surface area contributed by atoms with Crippen LogP contribution in [0.1, 0.15) is 31.7 Å². The number of nitrogens with two attached hydrogens (primary N) is 1. The zero-order valence-corrected chi connectivity index (χ0v) is 10.9. The second kappa shape index (κ2) is 4.82. The first kappa shape index (κ1) is 11.4. The van der Waals surface area contributed by atoms with Gasteiger partial charge in [-0.15, -0.1) is 0 Å². The summed E-state index contributed by atoms with van der Waals surface area (Å²) in [5.74, 6) is 0.548. The predicted octanol–water partition coefficient (Wildman–Crippen LogP) is 2.81. The van der Waals surface area contributed by atoms with E-state index in [4.69, 9.17) is 5.73 Å². The van der Waals surface area contributed by atoms with Crippen molar-refractivity contribution in [2.45, 2.75) is 32.6 Å². The third kappa shape index (κ3) is 2.04. The number of nitrogen functional groups attached to an aromatic ring is 1. The average molecular weight is 283 g/mol. The van der Waals surface area contributed by atoms with Crippen LogP contribution >= 0.6 is 15.9 Å². The number of aryl methyl sites for hydroxylation is 1. The molecule has 0 amide bonds. The van der Waals surface area contributed by atoms with E-state index < -0.39 is 0 Å². The van der Waals surface area contributed by atoms with E-state index in [9.17, 15) is 0 Å².